The van der Waals surface area contributed by atoms with Crippen LogP contribution in [0.2, 0.25) is 0 Å². The Balaban J connectivity index is 1.46. The molecule has 26 heavy (non-hydrogen) atoms. The van der Waals surface area contributed by atoms with Crippen LogP contribution < -0.4 is 10.1 Å². The monoisotopic (exact) mass is 351 g/mol. The number of piperazine rings is 1. The zero-order chi connectivity index (χ0) is 17.8. The number of hydrogen-bond donors (Lipinski definition) is 1. The lowest BCUT2D eigenvalue weighted by Gasteiger charge is -2.32. The summed E-state index contributed by atoms with van der Waals surface area (Å²) in [5.41, 5.74) is 0.636. The Bertz CT molecular complexity index is 744. The number of nitrogens with zero attached hydrogens (tertiary/aromatic N) is 2. The smallest absolute Gasteiger partial charge is 0.257 e. The van der Waals surface area contributed by atoms with Crippen LogP contribution in [0.5, 0.6) is 11.5 Å². The van der Waals surface area contributed by atoms with Crippen LogP contribution in [0.15, 0.2) is 54.6 Å². The van der Waals surface area contributed by atoms with E-state index in [1.807, 2.05) is 59.5 Å². The van der Waals surface area contributed by atoms with Crippen LogP contribution in [-0.4, -0.2) is 61.0 Å². The van der Waals surface area contributed by atoms with E-state index in [9.17, 15) is 4.79 Å². The molecule has 0 saturated carbocycles. The predicted molar refractivity (Wildman–Crippen MR) is 102 cm³/mol. The quantitative estimate of drug-likeness (QED) is 0.920. The van der Waals surface area contributed by atoms with Crippen LogP contribution in [0.25, 0.3) is 0 Å². The summed E-state index contributed by atoms with van der Waals surface area (Å²) in [5, 5.41) is 3.39. The molecule has 2 aromatic rings. The van der Waals surface area contributed by atoms with Crippen molar-refractivity contribution in [1.29, 1.82) is 0 Å². The number of benzene rings is 2. The van der Waals surface area contributed by atoms with E-state index in [-0.39, 0.29) is 5.91 Å². The molecular formula is C21H25N3O2. The molecule has 0 spiro atoms. The van der Waals surface area contributed by atoms with Crippen molar-refractivity contribution in [2.24, 2.45) is 0 Å². The highest BCUT2D eigenvalue weighted by atomic mass is 16.5. The molecular weight excluding hydrogens is 326 g/mol. The maximum absolute atomic E-state index is 13.1. The number of rotatable bonds is 4. The molecule has 5 nitrogen and oxygen atoms in total. The van der Waals surface area contributed by atoms with Gasteiger partial charge in [0.25, 0.3) is 5.91 Å². The van der Waals surface area contributed by atoms with E-state index in [1.54, 1.807) is 0 Å². The molecule has 1 N–H and O–H groups in total. The highest BCUT2D eigenvalue weighted by Crippen LogP contribution is 2.27. The number of para-hydroxylation sites is 2. The van der Waals surface area contributed by atoms with Gasteiger partial charge >= 0.3 is 0 Å². The lowest BCUT2D eigenvalue weighted by atomic mass is 10.1. The van der Waals surface area contributed by atoms with Gasteiger partial charge in [0.1, 0.15) is 11.5 Å². The fourth-order valence-corrected chi connectivity index (χ4v) is 3.79. The lowest BCUT2D eigenvalue weighted by Crippen LogP contribution is -2.49. The Morgan fingerprint density at radius 2 is 1.69 bits per heavy atom. The van der Waals surface area contributed by atoms with Crippen molar-refractivity contribution < 1.29 is 9.53 Å². The highest BCUT2D eigenvalue weighted by Gasteiger charge is 2.32. The van der Waals surface area contributed by atoms with Gasteiger partial charge in [-0.15, -0.1) is 0 Å². The van der Waals surface area contributed by atoms with Crippen LogP contribution in [0.1, 0.15) is 16.8 Å². The Kier molecular flexibility index (Phi) is 5.18. The van der Waals surface area contributed by atoms with E-state index >= 15 is 0 Å². The number of ether oxygens (including phenoxy) is 1. The standard InChI is InChI=1S/C21H25N3O2/c25-21(24-13-10-17(16-24)23-14-11-22-12-15-23)19-8-4-5-9-20(19)26-18-6-2-1-3-7-18/h1-9,17,22H,10-16H2. The molecule has 136 valence electrons. The number of carbonyl (C=O) groups excluding carboxylic acids is 1. The Labute approximate surface area is 154 Å². The molecule has 1 atom stereocenters. The Morgan fingerprint density at radius 1 is 0.962 bits per heavy atom. The van der Waals surface area contributed by atoms with Gasteiger partial charge in [0.15, 0.2) is 0 Å². The maximum Gasteiger partial charge on any atom is 0.257 e. The van der Waals surface area contributed by atoms with Gasteiger partial charge in [0, 0.05) is 45.3 Å². The molecule has 2 aromatic carbocycles. The van der Waals surface area contributed by atoms with Crippen molar-refractivity contribution in [3.8, 4) is 11.5 Å². The fourth-order valence-electron chi connectivity index (χ4n) is 3.79. The average Bonchev–Trinajstić information content (AvgIpc) is 3.20. The largest absolute Gasteiger partial charge is 0.457 e. The number of hydrogen-bond acceptors (Lipinski definition) is 4. The second kappa shape index (κ2) is 7.89. The maximum atomic E-state index is 13.1. The first-order valence-electron chi connectivity index (χ1n) is 9.37. The molecule has 2 saturated heterocycles. The minimum atomic E-state index is 0.0640. The van der Waals surface area contributed by atoms with Crippen molar-refractivity contribution in [3.63, 3.8) is 0 Å². The van der Waals surface area contributed by atoms with E-state index in [4.69, 9.17) is 4.74 Å². The lowest BCUT2D eigenvalue weighted by molar-refractivity contribution is 0.0771. The second-order valence-electron chi connectivity index (χ2n) is 6.89. The number of nitrogens with one attached hydrogen (secondary N) is 1. The van der Waals surface area contributed by atoms with Gasteiger partial charge in [-0.1, -0.05) is 30.3 Å². The van der Waals surface area contributed by atoms with Gasteiger partial charge in [-0.25, -0.2) is 0 Å². The van der Waals surface area contributed by atoms with Crippen LogP contribution in [0, 0.1) is 0 Å². The summed E-state index contributed by atoms with van der Waals surface area (Å²) in [7, 11) is 0. The normalized spacial score (nSPS) is 20.9. The summed E-state index contributed by atoms with van der Waals surface area (Å²) in [5.74, 6) is 1.43. The topological polar surface area (TPSA) is 44.8 Å². The first-order chi connectivity index (χ1) is 12.8. The third-order valence-corrected chi connectivity index (χ3v) is 5.21. The van der Waals surface area contributed by atoms with Gasteiger partial charge in [0.05, 0.1) is 5.56 Å². The van der Waals surface area contributed by atoms with E-state index in [0.29, 0.717) is 17.4 Å². The average molecular weight is 351 g/mol. The molecule has 2 heterocycles. The van der Waals surface area contributed by atoms with Crippen molar-refractivity contribution in [2.45, 2.75) is 12.5 Å². The van der Waals surface area contributed by atoms with Crippen molar-refractivity contribution >= 4 is 5.91 Å². The minimum Gasteiger partial charge on any atom is -0.457 e. The molecule has 1 unspecified atom stereocenters. The van der Waals surface area contributed by atoms with Crippen LogP contribution >= 0.6 is 0 Å². The zero-order valence-electron chi connectivity index (χ0n) is 14.9. The molecule has 5 heteroatoms. The molecule has 0 bridgehead atoms. The van der Waals surface area contributed by atoms with E-state index < -0.39 is 0 Å². The third-order valence-electron chi connectivity index (χ3n) is 5.21. The Hall–Kier alpha value is -2.37. The van der Waals surface area contributed by atoms with Gasteiger partial charge in [0.2, 0.25) is 0 Å². The van der Waals surface area contributed by atoms with E-state index in [1.165, 1.54) is 0 Å². The van der Waals surface area contributed by atoms with Gasteiger partial charge in [-0.2, -0.15) is 0 Å². The SMILES string of the molecule is O=C(c1ccccc1Oc1ccccc1)N1CCC(N2CCNCC2)C1. The molecule has 0 radical (unpaired) electrons. The first kappa shape index (κ1) is 17.1. The van der Waals surface area contributed by atoms with Crippen LogP contribution in [-0.2, 0) is 0 Å². The molecule has 0 aliphatic carbocycles. The summed E-state index contributed by atoms with van der Waals surface area (Å²) in [6, 6.07) is 17.6. The summed E-state index contributed by atoms with van der Waals surface area (Å²) in [4.78, 5) is 17.6. The summed E-state index contributed by atoms with van der Waals surface area (Å²) < 4.78 is 5.97. The summed E-state index contributed by atoms with van der Waals surface area (Å²) in [6.07, 6.45) is 1.05. The summed E-state index contributed by atoms with van der Waals surface area (Å²) in [6.45, 7) is 5.84. The fraction of sp³-hybridized carbons (Fsp3) is 0.381. The van der Waals surface area contributed by atoms with Crippen molar-refractivity contribution in [2.75, 3.05) is 39.3 Å². The second-order valence-corrected chi connectivity index (χ2v) is 6.89. The molecule has 1 amide bonds. The Morgan fingerprint density at radius 3 is 2.50 bits per heavy atom. The van der Waals surface area contributed by atoms with Gasteiger partial charge in [-0.05, 0) is 30.7 Å². The minimum absolute atomic E-state index is 0.0640. The zero-order valence-corrected chi connectivity index (χ0v) is 14.9. The number of carbonyl (C=O) groups is 1. The van der Waals surface area contributed by atoms with E-state index in [0.717, 1.165) is 51.4 Å². The van der Waals surface area contributed by atoms with Gasteiger partial charge < -0.3 is 15.0 Å². The molecule has 0 aromatic heterocycles. The van der Waals surface area contributed by atoms with E-state index in [2.05, 4.69) is 10.2 Å². The first-order valence-corrected chi connectivity index (χ1v) is 9.37. The third kappa shape index (κ3) is 3.74. The molecule has 4 rings (SSSR count). The molecule has 2 aliphatic heterocycles. The van der Waals surface area contributed by atoms with Crippen molar-refractivity contribution in [3.05, 3.63) is 60.2 Å². The molecule has 2 aliphatic rings. The van der Waals surface area contributed by atoms with Crippen LogP contribution in [0.4, 0.5) is 0 Å². The van der Waals surface area contributed by atoms with Gasteiger partial charge in [-0.3, -0.25) is 9.69 Å². The van der Waals surface area contributed by atoms with Crippen molar-refractivity contribution in [1.82, 2.24) is 15.1 Å². The molecule has 2 fully saturated rings. The predicted octanol–water partition coefficient (Wildman–Crippen LogP) is 2.60. The number of amides is 1. The number of likely N-dealkylation sites (tertiary alicyclic amines) is 1. The van der Waals surface area contributed by atoms with Crippen LogP contribution in [0.3, 0.4) is 0 Å². The highest BCUT2D eigenvalue weighted by molar-refractivity contribution is 5.97. The summed E-state index contributed by atoms with van der Waals surface area (Å²) >= 11 is 0.